The first kappa shape index (κ1) is 14.8. The number of nitrogens with zero attached hydrogens (tertiary/aromatic N) is 1. The summed E-state index contributed by atoms with van der Waals surface area (Å²) in [7, 11) is 1.78. The smallest absolute Gasteiger partial charge is 0.330 e. The van der Waals surface area contributed by atoms with Gasteiger partial charge in [-0.25, -0.2) is 8.78 Å². The molecule has 7 heteroatoms. The molecule has 0 atom stereocenters. The van der Waals surface area contributed by atoms with Gasteiger partial charge in [0.15, 0.2) is 0 Å². The van der Waals surface area contributed by atoms with Crippen LogP contribution in [0.3, 0.4) is 0 Å². The lowest BCUT2D eigenvalue weighted by atomic mass is 10.2. The zero-order valence-corrected chi connectivity index (χ0v) is 9.80. The van der Waals surface area contributed by atoms with Gasteiger partial charge in [-0.2, -0.15) is 8.78 Å². The molecule has 18 heavy (non-hydrogen) atoms. The molecule has 0 aromatic carbocycles. The molecule has 0 saturated carbocycles. The Morgan fingerprint density at radius 3 is 2.61 bits per heavy atom. The van der Waals surface area contributed by atoms with E-state index in [0.717, 1.165) is 5.56 Å². The summed E-state index contributed by atoms with van der Waals surface area (Å²) in [5.74, 6) is -4.12. The summed E-state index contributed by atoms with van der Waals surface area (Å²) in [5, 5.41) is 2.93. The Balaban J connectivity index is 2.40. The van der Waals surface area contributed by atoms with E-state index < -0.39 is 19.0 Å². The molecular weight excluding hydrogens is 252 g/mol. The zero-order valence-electron chi connectivity index (χ0n) is 9.80. The quantitative estimate of drug-likeness (QED) is 0.768. The minimum Gasteiger partial charge on any atom is -0.369 e. The summed E-state index contributed by atoms with van der Waals surface area (Å²) < 4.78 is 53.2. The van der Waals surface area contributed by atoms with E-state index >= 15 is 0 Å². The summed E-state index contributed by atoms with van der Waals surface area (Å²) in [4.78, 5) is 3.96. The van der Waals surface area contributed by atoms with Gasteiger partial charge in [-0.15, -0.1) is 0 Å². The van der Waals surface area contributed by atoms with Crippen LogP contribution in [0.1, 0.15) is 11.3 Å². The third-order valence-corrected chi connectivity index (χ3v) is 2.13. The Kier molecular flexibility index (Phi) is 5.49. The molecular formula is C11H14F4N2O. The third kappa shape index (κ3) is 4.58. The molecule has 0 aliphatic rings. The minimum absolute atomic E-state index is 0.220. The van der Waals surface area contributed by atoms with Gasteiger partial charge in [0.1, 0.15) is 6.61 Å². The van der Waals surface area contributed by atoms with Gasteiger partial charge < -0.3 is 10.1 Å². The van der Waals surface area contributed by atoms with E-state index in [0.29, 0.717) is 12.2 Å². The second kappa shape index (κ2) is 6.65. The van der Waals surface area contributed by atoms with Crippen LogP contribution in [0.4, 0.5) is 17.6 Å². The van der Waals surface area contributed by atoms with Gasteiger partial charge in [-0.1, -0.05) is 6.07 Å². The van der Waals surface area contributed by atoms with E-state index in [1.165, 1.54) is 0 Å². The minimum atomic E-state index is -4.12. The van der Waals surface area contributed by atoms with Crippen molar-refractivity contribution in [2.75, 3.05) is 13.7 Å². The summed E-state index contributed by atoms with van der Waals surface area (Å²) in [6, 6.07) is 3.36. The maximum atomic E-state index is 12.5. The van der Waals surface area contributed by atoms with Crippen molar-refractivity contribution in [3.63, 3.8) is 0 Å². The molecule has 0 aliphatic carbocycles. The average Bonchev–Trinajstić information content (AvgIpc) is 2.31. The standard InChI is InChI=1S/C11H14F4N2O/c1-16-4-8-2-3-9(17-5-8)6-18-7-11(14,15)10(12)13/h2-3,5,10,16H,4,6-7H2,1H3. The van der Waals surface area contributed by atoms with E-state index in [1.54, 1.807) is 25.4 Å². The molecule has 0 fully saturated rings. The molecule has 1 aromatic heterocycles. The van der Waals surface area contributed by atoms with Crippen molar-refractivity contribution in [1.82, 2.24) is 10.3 Å². The molecule has 0 saturated heterocycles. The van der Waals surface area contributed by atoms with Crippen molar-refractivity contribution < 1.29 is 22.3 Å². The summed E-state index contributed by atoms with van der Waals surface area (Å²) in [6.45, 7) is -0.898. The predicted octanol–water partition coefficient (Wildman–Crippen LogP) is 2.22. The Morgan fingerprint density at radius 1 is 1.39 bits per heavy atom. The first-order chi connectivity index (χ1) is 8.45. The summed E-state index contributed by atoms with van der Waals surface area (Å²) in [5.41, 5.74) is 1.35. The van der Waals surface area contributed by atoms with Crippen LogP contribution in [0.15, 0.2) is 18.3 Å². The van der Waals surface area contributed by atoms with Crippen molar-refractivity contribution in [2.24, 2.45) is 0 Å². The van der Waals surface area contributed by atoms with E-state index in [1.807, 2.05) is 0 Å². The highest BCUT2D eigenvalue weighted by Crippen LogP contribution is 2.23. The largest absolute Gasteiger partial charge is 0.369 e. The molecule has 0 unspecified atom stereocenters. The number of nitrogens with one attached hydrogen (secondary N) is 1. The first-order valence-corrected chi connectivity index (χ1v) is 5.28. The van der Waals surface area contributed by atoms with Crippen LogP contribution in [-0.2, 0) is 17.9 Å². The fourth-order valence-electron chi connectivity index (χ4n) is 1.20. The van der Waals surface area contributed by atoms with Crippen LogP contribution in [0.5, 0.6) is 0 Å². The lowest BCUT2D eigenvalue weighted by Crippen LogP contribution is -2.32. The Hall–Kier alpha value is -1.21. The van der Waals surface area contributed by atoms with Gasteiger partial charge >= 0.3 is 12.3 Å². The fourth-order valence-corrected chi connectivity index (χ4v) is 1.20. The zero-order chi connectivity index (χ0) is 13.6. The van der Waals surface area contributed by atoms with Gasteiger partial charge in [0.05, 0.1) is 12.3 Å². The van der Waals surface area contributed by atoms with E-state index in [-0.39, 0.29) is 6.61 Å². The molecule has 1 heterocycles. The van der Waals surface area contributed by atoms with Gasteiger partial charge in [-0.05, 0) is 18.7 Å². The average molecular weight is 266 g/mol. The maximum Gasteiger partial charge on any atom is 0.330 e. The molecule has 0 amide bonds. The number of rotatable bonds is 7. The first-order valence-electron chi connectivity index (χ1n) is 5.28. The molecule has 0 spiro atoms. The molecule has 1 N–H and O–H groups in total. The Labute approximate surface area is 102 Å². The van der Waals surface area contributed by atoms with E-state index in [9.17, 15) is 17.6 Å². The number of hydrogen-bond donors (Lipinski definition) is 1. The predicted molar refractivity (Wildman–Crippen MR) is 57.6 cm³/mol. The second-order valence-electron chi connectivity index (χ2n) is 3.74. The van der Waals surface area contributed by atoms with E-state index in [2.05, 4.69) is 15.0 Å². The maximum absolute atomic E-state index is 12.5. The van der Waals surface area contributed by atoms with Gasteiger partial charge in [0, 0.05) is 12.7 Å². The van der Waals surface area contributed by atoms with Crippen molar-refractivity contribution in [2.45, 2.75) is 25.5 Å². The van der Waals surface area contributed by atoms with Crippen molar-refractivity contribution >= 4 is 0 Å². The molecule has 0 bridgehead atoms. The topological polar surface area (TPSA) is 34.1 Å². The number of halogens is 4. The highest BCUT2D eigenvalue weighted by Gasteiger charge is 2.40. The van der Waals surface area contributed by atoms with E-state index in [4.69, 9.17) is 0 Å². The molecule has 1 rings (SSSR count). The Bertz CT molecular complexity index is 357. The molecule has 0 radical (unpaired) electrons. The highest BCUT2D eigenvalue weighted by molar-refractivity contribution is 5.13. The van der Waals surface area contributed by atoms with Gasteiger partial charge in [0.2, 0.25) is 0 Å². The molecule has 1 aromatic rings. The third-order valence-electron chi connectivity index (χ3n) is 2.13. The number of hydrogen-bond acceptors (Lipinski definition) is 3. The van der Waals surface area contributed by atoms with Crippen LogP contribution in [0, 0.1) is 0 Å². The van der Waals surface area contributed by atoms with Crippen LogP contribution in [-0.4, -0.2) is 31.0 Å². The summed E-state index contributed by atoms with van der Waals surface area (Å²) in [6.07, 6.45) is -2.15. The SMILES string of the molecule is CNCc1ccc(COCC(F)(F)C(F)F)nc1. The normalized spacial score (nSPS) is 12.1. The van der Waals surface area contributed by atoms with Crippen LogP contribution in [0.25, 0.3) is 0 Å². The number of pyridine rings is 1. The summed E-state index contributed by atoms with van der Waals surface area (Å²) >= 11 is 0. The number of alkyl halides is 4. The van der Waals surface area contributed by atoms with Gasteiger partial charge in [0.25, 0.3) is 0 Å². The molecule has 102 valence electrons. The lowest BCUT2D eigenvalue weighted by molar-refractivity contribution is -0.168. The number of aromatic nitrogens is 1. The van der Waals surface area contributed by atoms with Crippen LogP contribution < -0.4 is 5.32 Å². The fraction of sp³-hybridized carbons (Fsp3) is 0.545. The number of ether oxygens (including phenoxy) is 1. The highest BCUT2D eigenvalue weighted by atomic mass is 19.3. The van der Waals surface area contributed by atoms with Crippen LogP contribution in [0.2, 0.25) is 0 Å². The lowest BCUT2D eigenvalue weighted by Gasteiger charge is -2.14. The van der Waals surface area contributed by atoms with Crippen molar-refractivity contribution in [3.8, 4) is 0 Å². The van der Waals surface area contributed by atoms with Crippen LogP contribution >= 0.6 is 0 Å². The second-order valence-corrected chi connectivity index (χ2v) is 3.74. The molecule has 0 aliphatic heterocycles. The van der Waals surface area contributed by atoms with Gasteiger partial charge in [-0.3, -0.25) is 4.98 Å². The monoisotopic (exact) mass is 266 g/mol. The Morgan fingerprint density at radius 2 is 2.11 bits per heavy atom. The van der Waals surface area contributed by atoms with Crippen molar-refractivity contribution in [1.29, 1.82) is 0 Å². The molecule has 3 nitrogen and oxygen atoms in total. The van der Waals surface area contributed by atoms with Crippen molar-refractivity contribution in [3.05, 3.63) is 29.6 Å².